The molecule has 108 valence electrons. The number of rotatable bonds is 7. The molecule has 6 nitrogen and oxygen atoms in total. The van der Waals surface area contributed by atoms with Gasteiger partial charge in [-0.3, -0.25) is 20.9 Å². The van der Waals surface area contributed by atoms with Gasteiger partial charge in [-0.05, 0) is 28.1 Å². The first kappa shape index (κ1) is 15.1. The zero-order chi connectivity index (χ0) is 14.4. The minimum absolute atomic E-state index is 0.0707. The van der Waals surface area contributed by atoms with Crippen LogP contribution in [0.15, 0.2) is 35.1 Å². The highest BCUT2D eigenvalue weighted by molar-refractivity contribution is 9.10. The molecule has 1 unspecified atom stereocenters. The van der Waals surface area contributed by atoms with Crippen molar-refractivity contribution in [1.29, 1.82) is 0 Å². The number of nitrogens with two attached hydrogens (primary N) is 1. The Bertz CT molecular complexity index is 531. The molecule has 2 aromatic heterocycles. The van der Waals surface area contributed by atoms with Crippen molar-refractivity contribution in [3.63, 3.8) is 0 Å². The predicted octanol–water partition coefficient (Wildman–Crippen LogP) is 1.43. The standard InChI is InChI=1S/C13H18BrN5O/c1-20-7-6-19-13(11(14)9-17-19)12(18-15)8-10-4-2-3-5-16-10/h2-5,9,12,18H,6-8,15H2,1H3. The lowest BCUT2D eigenvalue weighted by Gasteiger charge is -2.18. The summed E-state index contributed by atoms with van der Waals surface area (Å²) < 4.78 is 7.92. The molecule has 20 heavy (non-hydrogen) atoms. The van der Waals surface area contributed by atoms with Crippen molar-refractivity contribution in [3.8, 4) is 0 Å². The molecule has 0 aromatic carbocycles. The van der Waals surface area contributed by atoms with Gasteiger partial charge in [-0.15, -0.1) is 0 Å². The van der Waals surface area contributed by atoms with Gasteiger partial charge >= 0.3 is 0 Å². The average molecular weight is 340 g/mol. The Morgan fingerprint density at radius 1 is 1.50 bits per heavy atom. The van der Waals surface area contributed by atoms with Crippen LogP contribution in [-0.2, 0) is 17.7 Å². The quantitative estimate of drug-likeness (QED) is 0.589. The highest BCUT2D eigenvalue weighted by Crippen LogP contribution is 2.25. The van der Waals surface area contributed by atoms with Crippen LogP contribution in [0.3, 0.4) is 0 Å². The van der Waals surface area contributed by atoms with E-state index < -0.39 is 0 Å². The third kappa shape index (κ3) is 3.63. The lowest BCUT2D eigenvalue weighted by Crippen LogP contribution is -2.32. The van der Waals surface area contributed by atoms with E-state index in [2.05, 4.69) is 31.4 Å². The lowest BCUT2D eigenvalue weighted by molar-refractivity contribution is 0.181. The minimum Gasteiger partial charge on any atom is -0.383 e. The van der Waals surface area contributed by atoms with Crippen molar-refractivity contribution < 1.29 is 4.74 Å². The van der Waals surface area contributed by atoms with Gasteiger partial charge in [0.25, 0.3) is 0 Å². The van der Waals surface area contributed by atoms with Crippen LogP contribution in [0.5, 0.6) is 0 Å². The second kappa shape index (κ2) is 7.49. The molecule has 0 saturated heterocycles. The number of hydrazine groups is 1. The van der Waals surface area contributed by atoms with Gasteiger partial charge in [-0.1, -0.05) is 6.07 Å². The van der Waals surface area contributed by atoms with Crippen molar-refractivity contribution in [3.05, 3.63) is 46.5 Å². The van der Waals surface area contributed by atoms with Crippen LogP contribution >= 0.6 is 15.9 Å². The summed E-state index contributed by atoms with van der Waals surface area (Å²) in [6, 6.07) is 5.77. The molecule has 1 atom stereocenters. The van der Waals surface area contributed by atoms with Gasteiger partial charge in [0.2, 0.25) is 0 Å². The van der Waals surface area contributed by atoms with E-state index in [0.29, 0.717) is 19.6 Å². The van der Waals surface area contributed by atoms with E-state index in [0.717, 1.165) is 15.9 Å². The number of halogens is 1. The summed E-state index contributed by atoms with van der Waals surface area (Å²) in [5.41, 5.74) is 4.81. The normalized spacial score (nSPS) is 12.6. The van der Waals surface area contributed by atoms with Gasteiger partial charge in [-0.25, -0.2) is 0 Å². The number of pyridine rings is 1. The molecule has 0 aliphatic carbocycles. The molecule has 0 spiro atoms. The van der Waals surface area contributed by atoms with E-state index in [1.54, 1.807) is 19.5 Å². The predicted molar refractivity (Wildman–Crippen MR) is 79.8 cm³/mol. The van der Waals surface area contributed by atoms with Crippen molar-refractivity contribution in [2.45, 2.75) is 19.0 Å². The first-order chi connectivity index (χ1) is 9.76. The second-order valence-corrected chi connectivity index (χ2v) is 5.19. The maximum atomic E-state index is 5.71. The van der Waals surface area contributed by atoms with Gasteiger partial charge in [0.15, 0.2) is 0 Å². The van der Waals surface area contributed by atoms with E-state index in [4.69, 9.17) is 10.6 Å². The molecule has 2 heterocycles. The summed E-state index contributed by atoms with van der Waals surface area (Å²) in [5.74, 6) is 5.71. The van der Waals surface area contributed by atoms with E-state index in [1.165, 1.54) is 0 Å². The highest BCUT2D eigenvalue weighted by atomic mass is 79.9. The topological polar surface area (TPSA) is 78.0 Å². The molecule has 3 N–H and O–H groups in total. The Hall–Kier alpha value is -1.28. The fourth-order valence-electron chi connectivity index (χ4n) is 2.04. The van der Waals surface area contributed by atoms with Crippen LogP contribution < -0.4 is 11.3 Å². The van der Waals surface area contributed by atoms with Gasteiger partial charge in [0, 0.05) is 25.4 Å². The maximum Gasteiger partial charge on any atom is 0.0714 e. The first-order valence-electron chi connectivity index (χ1n) is 6.32. The highest BCUT2D eigenvalue weighted by Gasteiger charge is 2.19. The Balaban J connectivity index is 2.20. The third-order valence-electron chi connectivity index (χ3n) is 3.01. The summed E-state index contributed by atoms with van der Waals surface area (Å²) >= 11 is 3.52. The van der Waals surface area contributed by atoms with Crippen LogP contribution in [0.25, 0.3) is 0 Å². The molecule has 7 heteroatoms. The van der Waals surface area contributed by atoms with Crippen LogP contribution in [0.4, 0.5) is 0 Å². The first-order valence-corrected chi connectivity index (χ1v) is 7.11. The van der Waals surface area contributed by atoms with Gasteiger partial charge < -0.3 is 4.74 Å². The SMILES string of the molecule is COCCn1ncc(Br)c1C(Cc1ccccn1)NN. The summed E-state index contributed by atoms with van der Waals surface area (Å²) in [6.45, 7) is 1.28. The number of hydrogen-bond donors (Lipinski definition) is 2. The summed E-state index contributed by atoms with van der Waals surface area (Å²) in [7, 11) is 1.67. The number of aromatic nitrogens is 3. The molecule has 0 amide bonds. The molecule has 0 saturated carbocycles. The fourth-order valence-corrected chi connectivity index (χ4v) is 2.61. The van der Waals surface area contributed by atoms with E-state index in [9.17, 15) is 0 Å². The Kier molecular flexibility index (Phi) is 5.66. The zero-order valence-electron chi connectivity index (χ0n) is 11.3. The number of ether oxygens (including phenoxy) is 1. The number of hydrogen-bond acceptors (Lipinski definition) is 5. The van der Waals surface area contributed by atoms with Gasteiger partial charge in [0.05, 0.1) is 35.6 Å². The molecule has 0 bridgehead atoms. The Morgan fingerprint density at radius 2 is 2.35 bits per heavy atom. The van der Waals surface area contributed by atoms with Crippen LogP contribution in [-0.4, -0.2) is 28.5 Å². The minimum atomic E-state index is -0.0707. The summed E-state index contributed by atoms with van der Waals surface area (Å²) in [6.07, 6.45) is 4.24. The van der Waals surface area contributed by atoms with E-state index in [-0.39, 0.29) is 6.04 Å². The van der Waals surface area contributed by atoms with Crippen LogP contribution in [0.2, 0.25) is 0 Å². The smallest absolute Gasteiger partial charge is 0.0714 e. The number of methoxy groups -OCH3 is 1. The molecule has 0 aliphatic heterocycles. The molecule has 0 radical (unpaired) electrons. The van der Waals surface area contributed by atoms with Crippen LogP contribution in [0.1, 0.15) is 17.4 Å². The number of nitrogens with one attached hydrogen (secondary N) is 1. The second-order valence-electron chi connectivity index (χ2n) is 4.34. The van der Waals surface area contributed by atoms with Gasteiger partial charge in [0.1, 0.15) is 0 Å². The van der Waals surface area contributed by atoms with Crippen molar-refractivity contribution in [2.24, 2.45) is 5.84 Å². The lowest BCUT2D eigenvalue weighted by atomic mass is 10.1. The molecule has 2 rings (SSSR count). The van der Waals surface area contributed by atoms with Gasteiger partial charge in [-0.2, -0.15) is 5.10 Å². The average Bonchev–Trinajstić information content (AvgIpc) is 2.84. The summed E-state index contributed by atoms with van der Waals surface area (Å²) in [4.78, 5) is 4.33. The molecule has 2 aromatic rings. The largest absolute Gasteiger partial charge is 0.383 e. The third-order valence-corrected chi connectivity index (χ3v) is 3.62. The van der Waals surface area contributed by atoms with E-state index in [1.807, 2.05) is 22.9 Å². The summed E-state index contributed by atoms with van der Waals surface area (Å²) in [5, 5.41) is 4.34. The van der Waals surface area contributed by atoms with Crippen molar-refractivity contribution in [2.75, 3.05) is 13.7 Å². The zero-order valence-corrected chi connectivity index (χ0v) is 12.9. The Labute approximate surface area is 126 Å². The van der Waals surface area contributed by atoms with Crippen molar-refractivity contribution in [1.82, 2.24) is 20.2 Å². The molecule has 0 fully saturated rings. The van der Waals surface area contributed by atoms with Crippen molar-refractivity contribution >= 4 is 15.9 Å². The molecule has 0 aliphatic rings. The Morgan fingerprint density at radius 3 is 3.00 bits per heavy atom. The van der Waals surface area contributed by atoms with Crippen LogP contribution in [0, 0.1) is 0 Å². The molecular weight excluding hydrogens is 322 g/mol. The maximum absolute atomic E-state index is 5.71. The molecular formula is C13H18BrN5O. The monoisotopic (exact) mass is 339 g/mol. The fraction of sp³-hybridized carbons (Fsp3) is 0.385. The van der Waals surface area contributed by atoms with E-state index >= 15 is 0 Å². The number of nitrogens with zero attached hydrogens (tertiary/aromatic N) is 3.